The Hall–Kier alpha value is -3.48. The van der Waals surface area contributed by atoms with Gasteiger partial charge < -0.3 is 14.4 Å². The number of fused-ring (bicyclic) bond motifs is 1. The molecule has 0 spiro atoms. The number of aromatic nitrogens is 2. The highest BCUT2D eigenvalue weighted by molar-refractivity contribution is 6.32. The van der Waals surface area contributed by atoms with E-state index in [1.165, 1.54) is 12.1 Å². The number of nitrogens with zero attached hydrogens (tertiary/aromatic N) is 4. The van der Waals surface area contributed by atoms with Crippen LogP contribution in [0.3, 0.4) is 0 Å². The fourth-order valence-corrected chi connectivity index (χ4v) is 2.75. The molecule has 128 valence electrons. The Morgan fingerprint density at radius 1 is 1.27 bits per heavy atom. The van der Waals surface area contributed by atoms with E-state index in [4.69, 9.17) is 21.6 Å². The average molecular weight is 365 g/mol. The molecule has 2 aromatic carbocycles. The fraction of sp³-hybridized carbons (Fsp3) is 0.105. The van der Waals surface area contributed by atoms with Crippen molar-refractivity contribution in [3.63, 3.8) is 0 Å². The molecule has 6 nitrogen and oxygen atoms in total. The molecule has 0 saturated heterocycles. The topological polar surface area (TPSA) is 94.9 Å². The summed E-state index contributed by atoms with van der Waals surface area (Å²) in [4.78, 5) is 4.40. The van der Waals surface area contributed by atoms with E-state index >= 15 is 0 Å². The summed E-state index contributed by atoms with van der Waals surface area (Å²) in [6.45, 7) is -0.252. The number of hydrogen-bond acceptors (Lipinski definition) is 5. The summed E-state index contributed by atoms with van der Waals surface area (Å²) in [6, 6.07) is 15.9. The van der Waals surface area contributed by atoms with Gasteiger partial charge in [-0.05, 0) is 30.3 Å². The number of para-hydroxylation sites is 2. The highest BCUT2D eigenvalue weighted by Crippen LogP contribution is 2.27. The molecule has 0 aliphatic heterocycles. The van der Waals surface area contributed by atoms with Crippen molar-refractivity contribution < 1.29 is 9.84 Å². The number of nitriles is 2. The summed E-state index contributed by atoms with van der Waals surface area (Å²) in [5.74, 6) is 0.395. The van der Waals surface area contributed by atoms with E-state index in [-0.39, 0.29) is 23.0 Å². The Kier molecular flexibility index (Phi) is 4.79. The maximum atomic E-state index is 10.3. The molecule has 0 saturated carbocycles. The first-order valence-electron chi connectivity index (χ1n) is 7.61. The zero-order chi connectivity index (χ0) is 18.7. The predicted molar refractivity (Wildman–Crippen MR) is 97.5 cm³/mol. The van der Waals surface area contributed by atoms with Crippen molar-refractivity contribution in [2.75, 3.05) is 6.61 Å². The summed E-state index contributed by atoms with van der Waals surface area (Å²) in [7, 11) is 1.77. The van der Waals surface area contributed by atoms with Crippen LogP contribution in [-0.2, 0) is 7.05 Å². The number of hydrogen-bond donors (Lipinski definition) is 1. The SMILES string of the molecule is Cn1c(/C(C#N)=C(\O)COc2ccc(C#N)cc2Cl)nc2ccccc21. The summed E-state index contributed by atoms with van der Waals surface area (Å²) < 4.78 is 7.21. The number of ether oxygens (including phenoxy) is 1. The van der Waals surface area contributed by atoms with Crippen molar-refractivity contribution >= 4 is 28.2 Å². The normalized spacial score (nSPS) is 11.5. The van der Waals surface area contributed by atoms with Crippen molar-refractivity contribution in [2.45, 2.75) is 0 Å². The van der Waals surface area contributed by atoms with Crippen LogP contribution in [-0.4, -0.2) is 21.3 Å². The molecule has 0 atom stereocenters. The van der Waals surface area contributed by atoms with Crippen molar-refractivity contribution in [1.82, 2.24) is 9.55 Å². The first-order chi connectivity index (χ1) is 12.5. The highest BCUT2D eigenvalue weighted by Gasteiger charge is 2.17. The molecule has 0 aliphatic rings. The second-order valence-corrected chi connectivity index (χ2v) is 5.87. The Morgan fingerprint density at radius 2 is 2.04 bits per heavy atom. The first-order valence-corrected chi connectivity index (χ1v) is 7.99. The number of aliphatic hydroxyl groups is 1. The Bertz CT molecular complexity index is 1100. The molecule has 26 heavy (non-hydrogen) atoms. The van der Waals surface area contributed by atoms with E-state index in [1.807, 2.05) is 36.4 Å². The number of benzene rings is 2. The summed E-state index contributed by atoms with van der Waals surface area (Å²) in [6.07, 6.45) is 0. The predicted octanol–water partition coefficient (Wildman–Crippen LogP) is 3.97. The quantitative estimate of drug-likeness (QED) is 0.558. The lowest BCUT2D eigenvalue weighted by atomic mass is 10.2. The van der Waals surface area contributed by atoms with Crippen molar-refractivity contribution in [1.29, 1.82) is 10.5 Å². The zero-order valence-corrected chi connectivity index (χ0v) is 14.5. The van der Waals surface area contributed by atoms with Gasteiger partial charge in [-0.15, -0.1) is 0 Å². The maximum Gasteiger partial charge on any atom is 0.155 e. The minimum absolute atomic E-state index is 0.0217. The Balaban J connectivity index is 1.91. The van der Waals surface area contributed by atoms with Gasteiger partial charge in [0.25, 0.3) is 0 Å². The molecule has 0 unspecified atom stereocenters. The molecule has 0 radical (unpaired) electrons. The molecule has 0 fully saturated rings. The number of rotatable bonds is 4. The van der Waals surface area contributed by atoms with Crippen LogP contribution >= 0.6 is 11.6 Å². The van der Waals surface area contributed by atoms with Crippen LogP contribution in [0.5, 0.6) is 5.75 Å². The van der Waals surface area contributed by atoms with Gasteiger partial charge in [0.05, 0.1) is 27.7 Å². The van der Waals surface area contributed by atoms with Crippen molar-refractivity contribution in [2.24, 2.45) is 7.05 Å². The van der Waals surface area contributed by atoms with E-state index in [2.05, 4.69) is 4.98 Å². The van der Waals surface area contributed by atoms with Crippen LogP contribution in [0.2, 0.25) is 5.02 Å². The minimum Gasteiger partial charge on any atom is -0.507 e. The molecule has 1 heterocycles. The van der Waals surface area contributed by atoms with Gasteiger partial charge in [0.15, 0.2) is 11.6 Å². The Labute approximate surface area is 154 Å². The third kappa shape index (κ3) is 3.19. The van der Waals surface area contributed by atoms with Gasteiger partial charge in [0.1, 0.15) is 24.0 Å². The lowest BCUT2D eigenvalue weighted by Gasteiger charge is -2.09. The van der Waals surface area contributed by atoms with Gasteiger partial charge in [0.2, 0.25) is 0 Å². The van der Waals surface area contributed by atoms with Gasteiger partial charge in [0, 0.05) is 7.05 Å². The molecule has 0 aliphatic carbocycles. The van der Waals surface area contributed by atoms with E-state index in [1.54, 1.807) is 17.7 Å². The van der Waals surface area contributed by atoms with Gasteiger partial charge >= 0.3 is 0 Å². The van der Waals surface area contributed by atoms with Crippen LogP contribution in [0.1, 0.15) is 11.4 Å². The summed E-state index contributed by atoms with van der Waals surface area (Å²) >= 11 is 6.05. The van der Waals surface area contributed by atoms with Crippen LogP contribution in [0.4, 0.5) is 0 Å². The number of aryl methyl sites for hydroxylation is 1. The molecule has 3 rings (SSSR count). The van der Waals surface area contributed by atoms with E-state index in [0.717, 1.165) is 11.0 Å². The molecular formula is C19H13ClN4O2. The number of halogens is 1. The minimum atomic E-state index is -0.258. The highest BCUT2D eigenvalue weighted by atomic mass is 35.5. The smallest absolute Gasteiger partial charge is 0.155 e. The first kappa shape index (κ1) is 17.3. The largest absolute Gasteiger partial charge is 0.507 e. The lowest BCUT2D eigenvalue weighted by Crippen LogP contribution is -2.06. The summed E-state index contributed by atoms with van der Waals surface area (Å²) in [5, 5.41) is 28.9. The average Bonchev–Trinajstić information content (AvgIpc) is 2.98. The molecule has 7 heteroatoms. The van der Waals surface area contributed by atoms with Crippen molar-refractivity contribution in [3.05, 3.63) is 64.6 Å². The van der Waals surface area contributed by atoms with Gasteiger partial charge in [-0.25, -0.2) is 4.98 Å². The third-order valence-electron chi connectivity index (χ3n) is 3.84. The van der Waals surface area contributed by atoms with Gasteiger partial charge in [-0.3, -0.25) is 0 Å². The standard InChI is InChI=1S/C19H13ClN4O2/c1-24-16-5-3-2-4-15(16)23-19(24)13(10-22)17(25)11-26-18-7-6-12(9-21)8-14(18)20/h2-8,25H,11H2,1H3/b17-13-. The van der Waals surface area contributed by atoms with Crippen molar-refractivity contribution in [3.8, 4) is 17.9 Å². The van der Waals surface area contributed by atoms with Gasteiger partial charge in [-0.2, -0.15) is 10.5 Å². The Morgan fingerprint density at radius 3 is 2.69 bits per heavy atom. The molecular weight excluding hydrogens is 352 g/mol. The number of imidazole rings is 1. The molecule has 1 N–H and O–H groups in total. The monoisotopic (exact) mass is 364 g/mol. The van der Waals surface area contributed by atoms with Crippen LogP contribution < -0.4 is 4.74 Å². The van der Waals surface area contributed by atoms with E-state index < -0.39 is 0 Å². The summed E-state index contributed by atoms with van der Waals surface area (Å²) in [5.41, 5.74) is 1.99. The van der Waals surface area contributed by atoms with E-state index in [0.29, 0.717) is 17.1 Å². The molecule has 0 amide bonds. The molecule has 3 aromatic rings. The number of aliphatic hydroxyl groups excluding tert-OH is 1. The van der Waals surface area contributed by atoms with E-state index in [9.17, 15) is 10.4 Å². The van der Waals surface area contributed by atoms with Crippen LogP contribution in [0.25, 0.3) is 16.6 Å². The third-order valence-corrected chi connectivity index (χ3v) is 4.13. The van der Waals surface area contributed by atoms with Crippen LogP contribution in [0, 0.1) is 22.7 Å². The molecule has 0 bridgehead atoms. The second kappa shape index (κ2) is 7.18. The molecule has 1 aromatic heterocycles. The van der Waals surface area contributed by atoms with Crippen LogP contribution in [0.15, 0.2) is 48.2 Å². The number of allylic oxidation sites excluding steroid dienone is 1. The lowest BCUT2D eigenvalue weighted by molar-refractivity contribution is 0.272. The zero-order valence-electron chi connectivity index (χ0n) is 13.8. The second-order valence-electron chi connectivity index (χ2n) is 5.46. The fourth-order valence-electron chi connectivity index (χ4n) is 2.52. The maximum absolute atomic E-state index is 10.3. The van der Waals surface area contributed by atoms with Gasteiger partial charge in [-0.1, -0.05) is 23.7 Å².